The number of benzene rings is 3. The lowest BCUT2D eigenvalue weighted by Crippen LogP contribution is -2.29. The van der Waals surface area contributed by atoms with Gasteiger partial charge in [-0.1, -0.05) is 78.4 Å². The lowest BCUT2D eigenvalue weighted by Gasteiger charge is -2.19. The van der Waals surface area contributed by atoms with Gasteiger partial charge in [-0.25, -0.2) is 0 Å². The maximum Gasteiger partial charge on any atom is 0.0549 e. The van der Waals surface area contributed by atoms with E-state index in [4.69, 9.17) is 0 Å². The van der Waals surface area contributed by atoms with E-state index in [1.807, 2.05) is 0 Å². The van der Waals surface area contributed by atoms with Gasteiger partial charge in [0.2, 0.25) is 0 Å². The van der Waals surface area contributed by atoms with Gasteiger partial charge in [0.25, 0.3) is 0 Å². The average molecular weight is 377 g/mol. The van der Waals surface area contributed by atoms with E-state index < -0.39 is 0 Å². The number of rotatable bonds is 10. The molecule has 0 saturated heterocycles. The molecule has 0 bridgehead atoms. The summed E-state index contributed by atoms with van der Waals surface area (Å²) in [6.07, 6.45) is 2.27. The minimum absolute atomic E-state index is 0.272. The number of hydrogen-bond acceptors (Lipinski definition) is 3. The molecule has 0 saturated carbocycles. The fourth-order valence-electron chi connectivity index (χ4n) is 2.97. The fraction of sp³-hybridized carbons (Fsp3) is 0.250. The molecule has 0 aliphatic heterocycles. The highest BCUT2D eigenvalue weighted by molar-refractivity contribution is 7.97. The summed E-state index contributed by atoms with van der Waals surface area (Å²) in [5.41, 5.74) is 4.01. The lowest BCUT2D eigenvalue weighted by molar-refractivity contribution is 0.562. The van der Waals surface area contributed by atoms with Gasteiger partial charge in [-0.05, 0) is 61.5 Å². The van der Waals surface area contributed by atoms with Gasteiger partial charge in [0.1, 0.15) is 0 Å². The van der Waals surface area contributed by atoms with Crippen molar-refractivity contribution in [2.45, 2.75) is 30.7 Å². The third-order valence-corrected chi connectivity index (χ3v) is 5.46. The topological polar surface area (TPSA) is 24.1 Å². The molecule has 3 heteroatoms. The van der Waals surface area contributed by atoms with E-state index in [9.17, 15) is 0 Å². The van der Waals surface area contributed by atoms with Gasteiger partial charge in [-0.3, -0.25) is 4.72 Å². The first kappa shape index (κ1) is 19.7. The predicted molar refractivity (Wildman–Crippen MR) is 117 cm³/mol. The number of hydrogen-bond donors (Lipinski definition) is 2. The molecule has 0 aliphatic rings. The van der Waals surface area contributed by atoms with Gasteiger partial charge in [-0.2, -0.15) is 0 Å². The average Bonchev–Trinajstić information content (AvgIpc) is 2.72. The Morgan fingerprint density at radius 2 is 1.48 bits per heavy atom. The molecule has 0 aromatic heterocycles. The molecule has 0 heterocycles. The van der Waals surface area contributed by atoms with E-state index in [1.54, 1.807) is 11.9 Å². The van der Waals surface area contributed by atoms with Crippen molar-refractivity contribution in [2.75, 3.05) is 13.1 Å². The van der Waals surface area contributed by atoms with Crippen LogP contribution in [0.2, 0.25) is 0 Å². The maximum atomic E-state index is 3.63. The molecule has 27 heavy (non-hydrogen) atoms. The SMILES string of the molecule is Cc1ccc(SN[C@@H](CNCCCc2ccccc2)c2ccccc2)cc1. The summed E-state index contributed by atoms with van der Waals surface area (Å²) >= 11 is 1.70. The van der Waals surface area contributed by atoms with Crippen molar-refractivity contribution in [3.63, 3.8) is 0 Å². The zero-order chi connectivity index (χ0) is 18.7. The summed E-state index contributed by atoms with van der Waals surface area (Å²) in [4.78, 5) is 1.24. The Hall–Kier alpha value is -2.07. The first-order chi connectivity index (χ1) is 13.3. The van der Waals surface area contributed by atoms with Crippen molar-refractivity contribution in [2.24, 2.45) is 0 Å². The van der Waals surface area contributed by atoms with Crippen LogP contribution in [0.15, 0.2) is 89.8 Å². The van der Waals surface area contributed by atoms with E-state index in [0.717, 1.165) is 25.9 Å². The van der Waals surface area contributed by atoms with E-state index >= 15 is 0 Å². The minimum Gasteiger partial charge on any atom is -0.315 e. The standard InChI is InChI=1S/C24H28N2S/c1-20-14-16-23(17-15-20)27-26-24(22-12-6-3-7-13-22)19-25-18-8-11-21-9-4-2-5-10-21/h2-7,9-10,12-17,24-26H,8,11,18-19H2,1H3/t24-/m0/s1. The van der Waals surface area contributed by atoms with Crippen LogP contribution in [0.25, 0.3) is 0 Å². The summed E-state index contributed by atoms with van der Waals surface area (Å²) in [7, 11) is 0. The van der Waals surface area contributed by atoms with Gasteiger partial charge in [0, 0.05) is 11.4 Å². The first-order valence-corrected chi connectivity index (χ1v) is 10.4. The van der Waals surface area contributed by atoms with Crippen molar-refractivity contribution in [1.29, 1.82) is 0 Å². The normalized spacial score (nSPS) is 12.0. The van der Waals surface area contributed by atoms with Crippen LogP contribution in [0.3, 0.4) is 0 Å². The second-order valence-electron chi connectivity index (χ2n) is 6.79. The van der Waals surface area contributed by atoms with Crippen LogP contribution in [0.1, 0.15) is 29.2 Å². The zero-order valence-corrected chi connectivity index (χ0v) is 16.7. The molecule has 0 aliphatic carbocycles. The fourth-order valence-corrected chi connectivity index (χ4v) is 3.74. The minimum atomic E-state index is 0.272. The van der Waals surface area contributed by atoms with Crippen LogP contribution in [-0.4, -0.2) is 13.1 Å². The molecule has 0 spiro atoms. The molecule has 0 radical (unpaired) electrons. The van der Waals surface area contributed by atoms with E-state index in [-0.39, 0.29) is 6.04 Å². The summed E-state index contributed by atoms with van der Waals surface area (Å²) in [5, 5.41) is 3.62. The molecule has 3 rings (SSSR count). The van der Waals surface area contributed by atoms with Crippen LogP contribution in [0, 0.1) is 6.92 Å². The van der Waals surface area contributed by atoms with Crippen LogP contribution >= 0.6 is 11.9 Å². The highest BCUT2D eigenvalue weighted by atomic mass is 32.2. The number of aryl methyl sites for hydroxylation is 2. The second-order valence-corrected chi connectivity index (χ2v) is 7.70. The molecular weight excluding hydrogens is 348 g/mol. The molecule has 2 N–H and O–H groups in total. The number of nitrogens with one attached hydrogen (secondary N) is 2. The quantitative estimate of drug-likeness (QED) is 0.358. The molecule has 0 amide bonds. The van der Waals surface area contributed by atoms with Gasteiger partial charge < -0.3 is 5.32 Å². The monoisotopic (exact) mass is 376 g/mol. The molecule has 3 aromatic carbocycles. The first-order valence-electron chi connectivity index (χ1n) is 9.60. The van der Waals surface area contributed by atoms with Gasteiger partial charge in [0.05, 0.1) is 6.04 Å². The maximum absolute atomic E-state index is 3.63. The van der Waals surface area contributed by atoms with Gasteiger partial charge >= 0.3 is 0 Å². The predicted octanol–water partition coefficient (Wildman–Crippen LogP) is 5.56. The van der Waals surface area contributed by atoms with Crippen molar-refractivity contribution < 1.29 is 0 Å². The summed E-state index contributed by atoms with van der Waals surface area (Å²) in [6, 6.07) is 30.3. The molecule has 2 nitrogen and oxygen atoms in total. The van der Waals surface area contributed by atoms with Crippen LogP contribution < -0.4 is 10.0 Å². The Balaban J connectivity index is 1.48. The highest BCUT2D eigenvalue weighted by Crippen LogP contribution is 2.21. The molecule has 140 valence electrons. The van der Waals surface area contributed by atoms with Crippen LogP contribution in [0.5, 0.6) is 0 Å². The van der Waals surface area contributed by atoms with E-state index in [2.05, 4.69) is 102 Å². The summed E-state index contributed by atoms with van der Waals surface area (Å²) in [5.74, 6) is 0. The van der Waals surface area contributed by atoms with Crippen molar-refractivity contribution in [3.05, 3.63) is 102 Å². The highest BCUT2D eigenvalue weighted by Gasteiger charge is 2.11. The van der Waals surface area contributed by atoms with Gasteiger partial charge in [-0.15, -0.1) is 0 Å². The Morgan fingerprint density at radius 3 is 2.19 bits per heavy atom. The van der Waals surface area contributed by atoms with Crippen molar-refractivity contribution in [1.82, 2.24) is 10.0 Å². The van der Waals surface area contributed by atoms with E-state index in [0.29, 0.717) is 0 Å². The molecule has 0 unspecified atom stereocenters. The summed E-state index contributed by atoms with van der Waals surface area (Å²) < 4.78 is 3.63. The van der Waals surface area contributed by atoms with Crippen LogP contribution in [-0.2, 0) is 6.42 Å². The van der Waals surface area contributed by atoms with Gasteiger partial charge in [0.15, 0.2) is 0 Å². The zero-order valence-electron chi connectivity index (χ0n) is 15.9. The smallest absolute Gasteiger partial charge is 0.0549 e. The molecular formula is C24H28N2S. The lowest BCUT2D eigenvalue weighted by atomic mass is 10.1. The molecule has 1 atom stereocenters. The Kier molecular flexibility index (Phi) is 7.97. The second kappa shape index (κ2) is 10.9. The Bertz CT molecular complexity index is 772. The third kappa shape index (κ3) is 6.87. The Morgan fingerprint density at radius 1 is 0.815 bits per heavy atom. The third-order valence-electron chi connectivity index (χ3n) is 4.55. The summed E-state index contributed by atoms with van der Waals surface area (Å²) in [6.45, 7) is 4.06. The Labute approximate surface area is 167 Å². The van der Waals surface area contributed by atoms with E-state index in [1.165, 1.54) is 21.6 Å². The largest absolute Gasteiger partial charge is 0.315 e. The van der Waals surface area contributed by atoms with Crippen molar-refractivity contribution in [3.8, 4) is 0 Å². The molecule has 0 fully saturated rings. The van der Waals surface area contributed by atoms with Crippen molar-refractivity contribution >= 4 is 11.9 Å². The molecule has 3 aromatic rings. The van der Waals surface area contributed by atoms with Crippen LogP contribution in [0.4, 0.5) is 0 Å².